The van der Waals surface area contributed by atoms with Crippen molar-refractivity contribution >= 4 is 6.01 Å². The van der Waals surface area contributed by atoms with Crippen LogP contribution in [-0.2, 0) is 10.3 Å². The fraction of sp³-hybridized carbons (Fsp3) is 0.818. The Morgan fingerprint density at radius 3 is 2.41 bits per heavy atom. The van der Waals surface area contributed by atoms with Crippen LogP contribution in [0.2, 0.25) is 0 Å². The third-order valence-corrected chi connectivity index (χ3v) is 3.76. The lowest BCUT2D eigenvalue weighted by atomic mass is 9.70. The van der Waals surface area contributed by atoms with Crippen LogP contribution in [0.15, 0.2) is 4.52 Å². The van der Waals surface area contributed by atoms with E-state index in [1.54, 1.807) is 7.11 Å². The van der Waals surface area contributed by atoms with Crippen molar-refractivity contribution in [3.05, 3.63) is 5.82 Å². The summed E-state index contributed by atoms with van der Waals surface area (Å²) in [7, 11) is 1.70. The van der Waals surface area contributed by atoms with E-state index in [1.807, 2.05) is 0 Å². The molecule has 1 fully saturated rings. The first-order valence-corrected chi connectivity index (χ1v) is 5.87. The minimum absolute atomic E-state index is 0.223. The molecule has 0 spiro atoms. The molecule has 0 bridgehead atoms. The molecule has 0 amide bonds. The Morgan fingerprint density at radius 1 is 1.29 bits per heavy atom. The molecule has 3 N–H and O–H groups in total. The lowest BCUT2D eigenvalue weighted by Gasteiger charge is -2.40. The zero-order chi connectivity index (χ0) is 12.5. The molecule has 0 aliphatic heterocycles. The number of hydrogen-bond acceptors (Lipinski definition) is 6. The van der Waals surface area contributed by atoms with Crippen LogP contribution in [0.25, 0.3) is 0 Å². The third kappa shape index (κ3) is 2.28. The van der Waals surface area contributed by atoms with Gasteiger partial charge in [0.25, 0.3) is 0 Å². The maximum absolute atomic E-state index is 5.66. The van der Waals surface area contributed by atoms with Crippen molar-refractivity contribution in [1.82, 2.24) is 10.1 Å². The van der Waals surface area contributed by atoms with E-state index in [-0.39, 0.29) is 6.01 Å². The van der Waals surface area contributed by atoms with Gasteiger partial charge in [-0.25, -0.2) is 5.84 Å². The third-order valence-electron chi connectivity index (χ3n) is 3.76. The van der Waals surface area contributed by atoms with Gasteiger partial charge in [-0.05, 0) is 31.1 Å². The molecule has 1 aromatic rings. The van der Waals surface area contributed by atoms with Crippen LogP contribution >= 0.6 is 0 Å². The number of aromatic nitrogens is 2. The van der Waals surface area contributed by atoms with Crippen molar-refractivity contribution in [2.24, 2.45) is 11.3 Å². The van der Waals surface area contributed by atoms with Crippen LogP contribution in [0, 0.1) is 5.41 Å². The van der Waals surface area contributed by atoms with Gasteiger partial charge in [-0.15, -0.1) is 0 Å². The van der Waals surface area contributed by atoms with Gasteiger partial charge >= 0.3 is 6.01 Å². The van der Waals surface area contributed by atoms with Crippen molar-refractivity contribution in [2.75, 3.05) is 12.5 Å². The number of nitrogen functional groups attached to an aromatic ring is 1. The molecule has 0 unspecified atom stereocenters. The van der Waals surface area contributed by atoms with Gasteiger partial charge in [-0.3, -0.25) is 5.43 Å². The maximum Gasteiger partial charge on any atom is 0.335 e. The molecule has 0 saturated heterocycles. The number of anilines is 1. The number of ether oxygens (including phenoxy) is 1. The standard InChI is InChI=1S/C11H20N4O2/c1-10(2)4-6-11(16-3,7-5-10)8-13-9(14-12)17-15-8/h4-7,12H2,1-3H3,(H,13,14,15). The molecule has 1 heterocycles. The van der Waals surface area contributed by atoms with Crippen molar-refractivity contribution < 1.29 is 9.26 Å². The number of rotatable bonds is 3. The van der Waals surface area contributed by atoms with Crippen LogP contribution < -0.4 is 11.3 Å². The molecule has 6 nitrogen and oxygen atoms in total. The lowest BCUT2D eigenvalue weighted by molar-refractivity contribution is -0.0740. The molecule has 0 aromatic carbocycles. The highest BCUT2D eigenvalue weighted by atomic mass is 16.5. The number of methoxy groups -OCH3 is 1. The highest BCUT2D eigenvalue weighted by Crippen LogP contribution is 2.46. The molecular weight excluding hydrogens is 220 g/mol. The van der Waals surface area contributed by atoms with E-state index in [1.165, 1.54) is 0 Å². The van der Waals surface area contributed by atoms with Gasteiger partial charge in [0.1, 0.15) is 5.60 Å². The summed E-state index contributed by atoms with van der Waals surface area (Å²) in [5, 5.41) is 3.95. The quantitative estimate of drug-likeness (QED) is 0.619. The number of nitrogens with two attached hydrogens (primary N) is 1. The van der Waals surface area contributed by atoms with Gasteiger partial charge in [0.2, 0.25) is 5.82 Å². The van der Waals surface area contributed by atoms with Gasteiger partial charge in [-0.1, -0.05) is 19.0 Å². The van der Waals surface area contributed by atoms with Gasteiger partial charge in [0.15, 0.2) is 0 Å². The topological polar surface area (TPSA) is 86.2 Å². The van der Waals surface area contributed by atoms with E-state index in [0.717, 1.165) is 25.7 Å². The smallest absolute Gasteiger partial charge is 0.335 e. The second-order valence-corrected chi connectivity index (χ2v) is 5.43. The lowest BCUT2D eigenvalue weighted by Crippen LogP contribution is -2.37. The molecule has 1 aliphatic rings. The average molecular weight is 240 g/mol. The zero-order valence-corrected chi connectivity index (χ0v) is 10.6. The second-order valence-electron chi connectivity index (χ2n) is 5.43. The first-order chi connectivity index (χ1) is 8.01. The van der Waals surface area contributed by atoms with Crippen LogP contribution in [0.1, 0.15) is 45.4 Å². The van der Waals surface area contributed by atoms with Gasteiger partial charge in [0.05, 0.1) is 0 Å². The first kappa shape index (κ1) is 12.3. The summed E-state index contributed by atoms with van der Waals surface area (Å²) < 4.78 is 10.6. The highest BCUT2D eigenvalue weighted by Gasteiger charge is 2.43. The molecule has 2 rings (SSSR count). The van der Waals surface area contributed by atoms with E-state index in [4.69, 9.17) is 15.1 Å². The van der Waals surface area contributed by atoms with Gasteiger partial charge in [-0.2, -0.15) is 4.98 Å². The molecule has 1 aromatic heterocycles. The van der Waals surface area contributed by atoms with E-state index in [2.05, 4.69) is 29.4 Å². The summed E-state index contributed by atoms with van der Waals surface area (Å²) in [5.74, 6) is 5.82. The summed E-state index contributed by atoms with van der Waals surface area (Å²) >= 11 is 0. The van der Waals surface area contributed by atoms with Crippen LogP contribution in [-0.4, -0.2) is 17.3 Å². The highest BCUT2D eigenvalue weighted by molar-refractivity contribution is 5.18. The Kier molecular flexibility index (Phi) is 3.09. The van der Waals surface area contributed by atoms with Crippen LogP contribution in [0.3, 0.4) is 0 Å². The van der Waals surface area contributed by atoms with E-state index >= 15 is 0 Å². The molecular formula is C11H20N4O2. The molecule has 0 atom stereocenters. The molecule has 0 radical (unpaired) electrons. The molecule has 1 aliphatic carbocycles. The summed E-state index contributed by atoms with van der Waals surface area (Å²) in [6.07, 6.45) is 3.97. The number of nitrogens with zero attached hydrogens (tertiary/aromatic N) is 2. The zero-order valence-electron chi connectivity index (χ0n) is 10.6. The van der Waals surface area contributed by atoms with Gasteiger partial charge in [0, 0.05) is 7.11 Å². The Hall–Kier alpha value is -1.14. The first-order valence-electron chi connectivity index (χ1n) is 5.87. The Bertz CT molecular complexity index is 379. The molecule has 6 heteroatoms. The Morgan fingerprint density at radius 2 is 1.94 bits per heavy atom. The van der Waals surface area contributed by atoms with E-state index in [9.17, 15) is 0 Å². The minimum atomic E-state index is -0.422. The SMILES string of the molecule is COC1(c2noc(NN)n2)CCC(C)(C)CC1. The van der Waals surface area contributed by atoms with Crippen molar-refractivity contribution in [1.29, 1.82) is 0 Å². The molecule has 1 saturated carbocycles. The molecule has 96 valence electrons. The van der Waals surface area contributed by atoms with E-state index < -0.39 is 5.60 Å². The predicted molar refractivity (Wildman–Crippen MR) is 63.0 cm³/mol. The minimum Gasteiger partial charge on any atom is -0.370 e. The summed E-state index contributed by atoms with van der Waals surface area (Å²) in [4.78, 5) is 4.20. The number of nitrogens with one attached hydrogen (secondary N) is 1. The van der Waals surface area contributed by atoms with Crippen molar-refractivity contribution in [3.63, 3.8) is 0 Å². The van der Waals surface area contributed by atoms with Gasteiger partial charge < -0.3 is 9.26 Å². The number of hydrazine groups is 1. The van der Waals surface area contributed by atoms with Crippen molar-refractivity contribution in [3.8, 4) is 0 Å². The van der Waals surface area contributed by atoms with Crippen LogP contribution in [0.4, 0.5) is 6.01 Å². The number of hydrogen-bond donors (Lipinski definition) is 2. The van der Waals surface area contributed by atoms with E-state index in [0.29, 0.717) is 11.2 Å². The Labute approximate surface area is 101 Å². The summed E-state index contributed by atoms with van der Waals surface area (Å²) in [6, 6.07) is 0.223. The normalized spacial score (nSPS) is 22.4. The largest absolute Gasteiger partial charge is 0.370 e. The fourth-order valence-electron chi connectivity index (χ4n) is 2.32. The fourth-order valence-corrected chi connectivity index (χ4v) is 2.32. The second kappa shape index (κ2) is 4.27. The summed E-state index contributed by atoms with van der Waals surface area (Å²) in [6.45, 7) is 4.55. The predicted octanol–water partition coefficient (Wildman–Crippen LogP) is 1.80. The average Bonchev–Trinajstić information content (AvgIpc) is 2.79. The summed E-state index contributed by atoms with van der Waals surface area (Å²) in [5.41, 5.74) is 2.29. The molecule has 17 heavy (non-hydrogen) atoms. The Balaban J connectivity index is 2.21. The monoisotopic (exact) mass is 240 g/mol. The maximum atomic E-state index is 5.66. The van der Waals surface area contributed by atoms with Crippen LogP contribution in [0.5, 0.6) is 0 Å². The van der Waals surface area contributed by atoms with Crippen molar-refractivity contribution in [2.45, 2.75) is 45.1 Å².